The van der Waals surface area contributed by atoms with Gasteiger partial charge in [0.15, 0.2) is 0 Å². The highest BCUT2D eigenvalue weighted by atomic mass is 35.5. The van der Waals surface area contributed by atoms with E-state index in [0.29, 0.717) is 22.2 Å². The van der Waals surface area contributed by atoms with E-state index in [1.165, 1.54) is 13.5 Å². The molecule has 0 N–H and O–H groups in total. The Balaban J connectivity index is 2.10. The van der Waals surface area contributed by atoms with Crippen LogP contribution in [0, 0.1) is 0 Å². The van der Waals surface area contributed by atoms with E-state index in [1.54, 1.807) is 12.1 Å². The molecule has 1 amide bonds. The lowest BCUT2D eigenvalue weighted by molar-refractivity contribution is -0.131. The van der Waals surface area contributed by atoms with Crippen LogP contribution in [0.25, 0.3) is 0 Å². The fourth-order valence-corrected chi connectivity index (χ4v) is 2.76. The van der Waals surface area contributed by atoms with Gasteiger partial charge in [0.2, 0.25) is 5.91 Å². The number of rotatable bonds is 3. The van der Waals surface area contributed by atoms with Crippen molar-refractivity contribution in [3.8, 4) is 5.75 Å². The zero-order valence-electron chi connectivity index (χ0n) is 10.9. The summed E-state index contributed by atoms with van der Waals surface area (Å²) in [5.41, 5.74) is 0.753. The zero-order chi connectivity index (χ0) is 13.8. The smallest absolute Gasteiger partial charge is 0.227 e. The number of halogens is 2. The molecule has 1 saturated heterocycles. The summed E-state index contributed by atoms with van der Waals surface area (Å²) in [4.78, 5) is 14.1. The van der Waals surface area contributed by atoms with Gasteiger partial charge in [0.25, 0.3) is 0 Å². The molecule has 1 fully saturated rings. The number of nitrogens with zero attached hydrogens (tertiary/aromatic N) is 1. The Bertz CT molecular complexity index is 471. The number of likely N-dealkylation sites (tertiary alicyclic amines) is 1. The van der Waals surface area contributed by atoms with Crippen molar-refractivity contribution in [1.29, 1.82) is 0 Å². The van der Waals surface area contributed by atoms with Gasteiger partial charge in [-0.1, -0.05) is 23.2 Å². The van der Waals surface area contributed by atoms with E-state index in [0.717, 1.165) is 31.5 Å². The SMILES string of the molecule is COc1cc(Cl)c(CC(=O)N2CCCCC2)cc1Cl. The monoisotopic (exact) mass is 301 g/mol. The highest BCUT2D eigenvalue weighted by molar-refractivity contribution is 6.34. The van der Waals surface area contributed by atoms with Gasteiger partial charge in [-0.3, -0.25) is 4.79 Å². The number of hydrogen-bond acceptors (Lipinski definition) is 2. The molecule has 0 radical (unpaired) electrons. The van der Waals surface area contributed by atoms with Crippen LogP contribution >= 0.6 is 23.2 Å². The van der Waals surface area contributed by atoms with Crippen molar-refractivity contribution in [1.82, 2.24) is 4.90 Å². The first-order chi connectivity index (χ1) is 9.11. The first kappa shape index (κ1) is 14.5. The van der Waals surface area contributed by atoms with Crippen LogP contribution in [0.1, 0.15) is 24.8 Å². The van der Waals surface area contributed by atoms with Gasteiger partial charge in [0, 0.05) is 24.2 Å². The number of piperidine rings is 1. The largest absolute Gasteiger partial charge is 0.495 e. The topological polar surface area (TPSA) is 29.5 Å². The summed E-state index contributed by atoms with van der Waals surface area (Å²) in [6.45, 7) is 1.70. The van der Waals surface area contributed by atoms with Crippen LogP contribution in [-0.4, -0.2) is 31.0 Å². The Hall–Kier alpha value is -0.930. The summed E-state index contributed by atoms with van der Waals surface area (Å²) >= 11 is 12.2. The molecule has 1 aromatic carbocycles. The highest BCUT2D eigenvalue weighted by Crippen LogP contribution is 2.31. The average Bonchev–Trinajstić information content (AvgIpc) is 2.43. The number of hydrogen-bond donors (Lipinski definition) is 0. The molecule has 1 aliphatic heterocycles. The maximum atomic E-state index is 12.2. The van der Waals surface area contributed by atoms with Crippen LogP contribution in [-0.2, 0) is 11.2 Å². The van der Waals surface area contributed by atoms with E-state index < -0.39 is 0 Å². The molecular formula is C14H17Cl2NO2. The van der Waals surface area contributed by atoms with Gasteiger partial charge in [-0.2, -0.15) is 0 Å². The van der Waals surface area contributed by atoms with Gasteiger partial charge in [0.05, 0.1) is 18.6 Å². The standard InChI is InChI=1S/C14H17Cl2NO2/c1-19-13-9-11(15)10(7-12(13)16)8-14(18)17-5-3-2-4-6-17/h7,9H,2-6,8H2,1H3. The van der Waals surface area contributed by atoms with E-state index in [-0.39, 0.29) is 5.91 Å². The van der Waals surface area contributed by atoms with Gasteiger partial charge in [0.1, 0.15) is 5.75 Å². The Labute approximate surface area is 123 Å². The second kappa shape index (κ2) is 6.49. The van der Waals surface area contributed by atoms with Crippen molar-refractivity contribution in [3.63, 3.8) is 0 Å². The fraction of sp³-hybridized carbons (Fsp3) is 0.500. The highest BCUT2D eigenvalue weighted by Gasteiger charge is 2.18. The predicted molar refractivity (Wildman–Crippen MR) is 77.1 cm³/mol. The van der Waals surface area contributed by atoms with Crippen LogP contribution in [0.15, 0.2) is 12.1 Å². The summed E-state index contributed by atoms with van der Waals surface area (Å²) in [5, 5.41) is 1.000. The normalized spacial score (nSPS) is 15.4. The lowest BCUT2D eigenvalue weighted by atomic mass is 10.1. The third-order valence-electron chi connectivity index (χ3n) is 3.37. The third kappa shape index (κ3) is 3.54. The number of carbonyl (C=O) groups excluding carboxylic acids is 1. The number of benzene rings is 1. The minimum Gasteiger partial charge on any atom is -0.495 e. The minimum atomic E-state index is 0.114. The Morgan fingerprint density at radius 2 is 1.89 bits per heavy atom. The maximum absolute atomic E-state index is 12.2. The molecule has 0 aromatic heterocycles. The lowest BCUT2D eigenvalue weighted by Gasteiger charge is -2.27. The quantitative estimate of drug-likeness (QED) is 0.854. The molecule has 104 valence electrons. The third-order valence-corrected chi connectivity index (χ3v) is 4.02. The molecule has 0 atom stereocenters. The number of ether oxygens (including phenoxy) is 1. The minimum absolute atomic E-state index is 0.114. The molecule has 3 nitrogen and oxygen atoms in total. The lowest BCUT2D eigenvalue weighted by Crippen LogP contribution is -2.36. The first-order valence-corrected chi connectivity index (χ1v) is 7.17. The summed E-state index contributed by atoms with van der Waals surface area (Å²) in [6, 6.07) is 3.37. The predicted octanol–water partition coefficient (Wildman–Crippen LogP) is 3.56. The van der Waals surface area contributed by atoms with Gasteiger partial charge in [-0.15, -0.1) is 0 Å². The van der Waals surface area contributed by atoms with Crippen LogP contribution < -0.4 is 4.74 Å². The van der Waals surface area contributed by atoms with Gasteiger partial charge >= 0.3 is 0 Å². The molecule has 0 saturated carbocycles. The summed E-state index contributed by atoms with van der Waals surface area (Å²) in [6.07, 6.45) is 3.67. The van der Waals surface area contributed by atoms with E-state index in [9.17, 15) is 4.79 Å². The van der Waals surface area contributed by atoms with E-state index in [1.807, 2.05) is 4.90 Å². The van der Waals surface area contributed by atoms with Crippen molar-refractivity contribution in [3.05, 3.63) is 27.7 Å². The summed E-state index contributed by atoms with van der Waals surface area (Å²) in [7, 11) is 1.54. The second-order valence-electron chi connectivity index (χ2n) is 4.70. The van der Waals surface area contributed by atoms with E-state index in [2.05, 4.69) is 0 Å². The fourth-order valence-electron chi connectivity index (χ4n) is 2.28. The van der Waals surface area contributed by atoms with Crippen LogP contribution in [0.2, 0.25) is 10.0 Å². The zero-order valence-corrected chi connectivity index (χ0v) is 12.4. The molecule has 1 aliphatic rings. The Morgan fingerprint density at radius 1 is 1.21 bits per heavy atom. The molecule has 5 heteroatoms. The van der Waals surface area contributed by atoms with Gasteiger partial charge in [-0.25, -0.2) is 0 Å². The van der Waals surface area contributed by atoms with E-state index >= 15 is 0 Å². The van der Waals surface area contributed by atoms with Crippen molar-refractivity contribution in [2.24, 2.45) is 0 Å². The number of amides is 1. The average molecular weight is 302 g/mol. The van der Waals surface area contributed by atoms with Gasteiger partial charge < -0.3 is 9.64 Å². The maximum Gasteiger partial charge on any atom is 0.227 e. The molecule has 0 spiro atoms. The first-order valence-electron chi connectivity index (χ1n) is 6.41. The molecule has 2 rings (SSSR count). The van der Waals surface area contributed by atoms with Gasteiger partial charge in [-0.05, 0) is 30.9 Å². The summed E-state index contributed by atoms with van der Waals surface area (Å²) < 4.78 is 5.09. The van der Waals surface area contributed by atoms with Crippen molar-refractivity contribution < 1.29 is 9.53 Å². The summed E-state index contributed by atoms with van der Waals surface area (Å²) in [5.74, 6) is 0.642. The Morgan fingerprint density at radius 3 is 2.53 bits per heavy atom. The molecule has 0 bridgehead atoms. The van der Waals surface area contributed by atoms with Crippen LogP contribution in [0.4, 0.5) is 0 Å². The van der Waals surface area contributed by atoms with Crippen molar-refractivity contribution >= 4 is 29.1 Å². The molecule has 1 aromatic rings. The second-order valence-corrected chi connectivity index (χ2v) is 5.51. The molecular weight excluding hydrogens is 285 g/mol. The molecule has 0 aliphatic carbocycles. The molecule has 19 heavy (non-hydrogen) atoms. The number of carbonyl (C=O) groups is 1. The van der Waals surface area contributed by atoms with Crippen molar-refractivity contribution in [2.45, 2.75) is 25.7 Å². The number of methoxy groups -OCH3 is 1. The molecule has 0 unspecified atom stereocenters. The van der Waals surface area contributed by atoms with E-state index in [4.69, 9.17) is 27.9 Å². The molecule has 1 heterocycles. The Kier molecular flexibility index (Phi) is 4.94. The van der Waals surface area contributed by atoms with Crippen LogP contribution in [0.5, 0.6) is 5.75 Å². The van der Waals surface area contributed by atoms with Crippen molar-refractivity contribution in [2.75, 3.05) is 20.2 Å². The van der Waals surface area contributed by atoms with Crippen LogP contribution in [0.3, 0.4) is 0 Å².